The van der Waals surface area contributed by atoms with Crippen LogP contribution in [-0.2, 0) is 11.2 Å². The van der Waals surface area contributed by atoms with E-state index >= 15 is 0 Å². The number of aryl methyl sites for hydroxylation is 1. The molecule has 0 saturated carbocycles. The number of methoxy groups -OCH3 is 1. The first kappa shape index (κ1) is 15.8. The Morgan fingerprint density at radius 2 is 2.08 bits per heavy atom. The number of carboxylic acid groups (broad SMARTS) is 1. The predicted molar refractivity (Wildman–Crippen MR) is 88.5 cm³/mol. The van der Waals surface area contributed by atoms with E-state index in [4.69, 9.17) is 9.84 Å². The third kappa shape index (κ3) is 2.64. The van der Waals surface area contributed by atoms with Gasteiger partial charge in [0.2, 0.25) is 0 Å². The number of nitrogens with one attached hydrogen (secondary N) is 1. The summed E-state index contributed by atoms with van der Waals surface area (Å²) < 4.78 is 6.71. The zero-order chi connectivity index (χ0) is 17.3. The van der Waals surface area contributed by atoms with Gasteiger partial charge in [-0.2, -0.15) is 0 Å². The van der Waals surface area contributed by atoms with Gasteiger partial charge in [-0.1, -0.05) is 18.2 Å². The number of carboxylic acids is 1. The number of H-pyrrole nitrogens is 1. The van der Waals surface area contributed by atoms with Gasteiger partial charge in [0.15, 0.2) is 5.65 Å². The Morgan fingerprint density at radius 3 is 2.79 bits per heavy atom. The predicted octanol–water partition coefficient (Wildman–Crippen LogP) is 2.02. The standard InChI is InChI=1S/C17H17N3O4/c1-10-11(7-8-15(21)22)17(23)20-16(19-10)13(9-18-20)12-5-3-4-6-14(12)24-2/h3-6,9,18H,7-8H2,1-2H3,(H,21,22). The normalized spacial score (nSPS) is 10.9. The van der Waals surface area contributed by atoms with Gasteiger partial charge < -0.3 is 9.84 Å². The van der Waals surface area contributed by atoms with Crippen LogP contribution in [0, 0.1) is 6.92 Å². The van der Waals surface area contributed by atoms with Gasteiger partial charge >= 0.3 is 5.97 Å². The van der Waals surface area contributed by atoms with E-state index in [1.807, 2.05) is 24.3 Å². The van der Waals surface area contributed by atoms with Crippen LogP contribution in [0.15, 0.2) is 35.3 Å². The number of aromatic nitrogens is 3. The van der Waals surface area contributed by atoms with Crippen molar-refractivity contribution in [2.45, 2.75) is 19.8 Å². The number of nitrogens with zero attached hydrogens (tertiary/aromatic N) is 2. The second-order valence-electron chi connectivity index (χ2n) is 5.42. The van der Waals surface area contributed by atoms with Crippen LogP contribution in [0.4, 0.5) is 0 Å². The molecule has 2 aromatic heterocycles. The number of aliphatic carboxylic acids is 1. The number of benzene rings is 1. The van der Waals surface area contributed by atoms with Crippen LogP contribution < -0.4 is 10.3 Å². The van der Waals surface area contributed by atoms with Crippen molar-refractivity contribution in [1.82, 2.24) is 14.6 Å². The first-order valence-electron chi connectivity index (χ1n) is 7.47. The number of fused-ring (bicyclic) bond motifs is 1. The molecule has 3 rings (SSSR count). The highest BCUT2D eigenvalue weighted by Gasteiger charge is 2.17. The second kappa shape index (κ2) is 6.19. The molecule has 0 saturated heterocycles. The van der Waals surface area contributed by atoms with E-state index in [0.29, 0.717) is 22.7 Å². The minimum atomic E-state index is -0.944. The Labute approximate surface area is 137 Å². The summed E-state index contributed by atoms with van der Waals surface area (Å²) in [5.41, 5.74) is 2.72. The molecule has 0 fully saturated rings. The van der Waals surface area contributed by atoms with Gasteiger partial charge in [-0.3, -0.25) is 14.7 Å². The molecule has 0 unspecified atom stereocenters. The van der Waals surface area contributed by atoms with Crippen molar-refractivity contribution >= 4 is 11.6 Å². The summed E-state index contributed by atoms with van der Waals surface area (Å²) in [6.45, 7) is 1.72. The summed E-state index contributed by atoms with van der Waals surface area (Å²) in [6, 6.07) is 7.48. The molecule has 2 heterocycles. The highest BCUT2D eigenvalue weighted by Crippen LogP contribution is 2.31. The fraction of sp³-hybridized carbons (Fsp3) is 0.235. The van der Waals surface area contributed by atoms with E-state index in [0.717, 1.165) is 11.1 Å². The van der Waals surface area contributed by atoms with Crippen LogP contribution >= 0.6 is 0 Å². The molecule has 0 amide bonds. The zero-order valence-electron chi connectivity index (χ0n) is 13.4. The number of para-hydroxylation sites is 1. The van der Waals surface area contributed by atoms with Crippen LogP contribution in [-0.4, -0.2) is 32.8 Å². The molecule has 0 atom stereocenters. The molecule has 0 aliphatic carbocycles. The lowest BCUT2D eigenvalue weighted by atomic mass is 10.1. The molecule has 1 aromatic carbocycles. The van der Waals surface area contributed by atoms with Gasteiger partial charge in [-0.25, -0.2) is 9.50 Å². The summed E-state index contributed by atoms with van der Waals surface area (Å²) in [4.78, 5) is 27.9. The molecule has 2 N–H and O–H groups in total. The van der Waals surface area contributed by atoms with Gasteiger partial charge in [-0.05, 0) is 19.4 Å². The third-order valence-corrected chi connectivity index (χ3v) is 3.95. The van der Waals surface area contributed by atoms with E-state index in [1.54, 1.807) is 20.2 Å². The largest absolute Gasteiger partial charge is 0.496 e. The number of ether oxygens (including phenoxy) is 1. The summed E-state index contributed by atoms with van der Waals surface area (Å²) in [7, 11) is 1.59. The van der Waals surface area contributed by atoms with E-state index in [-0.39, 0.29) is 18.4 Å². The zero-order valence-corrected chi connectivity index (χ0v) is 13.4. The van der Waals surface area contributed by atoms with Gasteiger partial charge in [0, 0.05) is 35.0 Å². The average molecular weight is 327 g/mol. The minimum Gasteiger partial charge on any atom is -0.496 e. The maximum absolute atomic E-state index is 12.6. The monoisotopic (exact) mass is 327 g/mol. The van der Waals surface area contributed by atoms with E-state index in [9.17, 15) is 9.59 Å². The smallest absolute Gasteiger partial charge is 0.303 e. The van der Waals surface area contributed by atoms with Gasteiger partial charge in [0.25, 0.3) is 5.56 Å². The van der Waals surface area contributed by atoms with Crippen LogP contribution in [0.3, 0.4) is 0 Å². The number of rotatable bonds is 5. The fourth-order valence-corrected chi connectivity index (χ4v) is 2.74. The molecule has 0 aliphatic rings. The SMILES string of the molecule is COc1ccccc1-c1c[nH]n2c(=O)c(CCC(=O)O)c(C)nc12. The first-order chi connectivity index (χ1) is 11.5. The molecule has 124 valence electrons. The maximum atomic E-state index is 12.6. The summed E-state index contributed by atoms with van der Waals surface area (Å²) in [5.74, 6) is -0.263. The maximum Gasteiger partial charge on any atom is 0.303 e. The molecule has 0 aliphatic heterocycles. The molecule has 7 heteroatoms. The quantitative estimate of drug-likeness (QED) is 0.747. The number of carbonyl (C=O) groups is 1. The van der Waals surface area contributed by atoms with Crippen molar-refractivity contribution in [3.05, 3.63) is 52.1 Å². The summed E-state index contributed by atoms with van der Waals surface area (Å²) in [6.07, 6.45) is 1.74. The first-order valence-corrected chi connectivity index (χ1v) is 7.47. The fourth-order valence-electron chi connectivity index (χ4n) is 2.74. The lowest BCUT2D eigenvalue weighted by Gasteiger charge is -2.08. The van der Waals surface area contributed by atoms with Crippen LogP contribution in [0.5, 0.6) is 5.75 Å². The van der Waals surface area contributed by atoms with Crippen molar-refractivity contribution in [3.8, 4) is 16.9 Å². The van der Waals surface area contributed by atoms with Crippen molar-refractivity contribution in [3.63, 3.8) is 0 Å². The second-order valence-corrected chi connectivity index (χ2v) is 5.42. The molecular weight excluding hydrogens is 310 g/mol. The highest BCUT2D eigenvalue weighted by atomic mass is 16.5. The summed E-state index contributed by atoms with van der Waals surface area (Å²) in [5, 5.41) is 11.7. The van der Waals surface area contributed by atoms with Crippen molar-refractivity contribution in [2.75, 3.05) is 7.11 Å². The molecular formula is C17H17N3O4. The molecule has 3 aromatic rings. The van der Waals surface area contributed by atoms with Crippen LogP contribution in [0.2, 0.25) is 0 Å². The topological polar surface area (TPSA) is 96.7 Å². The van der Waals surface area contributed by atoms with E-state index < -0.39 is 5.97 Å². The van der Waals surface area contributed by atoms with E-state index in [2.05, 4.69) is 10.1 Å². The van der Waals surface area contributed by atoms with Gasteiger partial charge in [0.1, 0.15) is 5.75 Å². The Morgan fingerprint density at radius 1 is 1.33 bits per heavy atom. The van der Waals surface area contributed by atoms with Crippen molar-refractivity contribution in [1.29, 1.82) is 0 Å². The number of aromatic amines is 1. The van der Waals surface area contributed by atoms with Gasteiger partial charge in [-0.15, -0.1) is 0 Å². The average Bonchev–Trinajstić information content (AvgIpc) is 2.98. The van der Waals surface area contributed by atoms with Crippen LogP contribution in [0.25, 0.3) is 16.8 Å². The Hall–Kier alpha value is -3.09. The number of hydrogen-bond donors (Lipinski definition) is 2. The molecule has 24 heavy (non-hydrogen) atoms. The summed E-state index contributed by atoms with van der Waals surface area (Å²) >= 11 is 0. The third-order valence-electron chi connectivity index (χ3n) is 3.95. The molecule has 0 spiro atoms. The number of hydrogen-bond acceptors (Lipinski definition) is 4. The highest BCUT2D eigenvalue weighted by molar-refractivity contribution is 5.81. The lowest BCUT2D eigenvalue weighted by molar-refractivity contribution is -0.136. The molecule has 0 bridgehead atoms. The lowest BCUT2D eigenvalue weighted by Crippen LogP contribution is -2.22. The molecule has 7 nitrogen and oxygen atoms in total. The Balaban J connectivity index is 2.17. The van der Waals surface area contributed by atoms with E-state index in [1.165, 1.54) is 4.52 Å². The van der Waals surface area contributed by atoms with Crippen molar-refractivity contribution < 1.29 is 14.6 Å². The minimum absolute atomic E-state index is 0.107. The Kier molecular flexibility index (Phi) is 4.07. The van der Waals surface area contributed by atoms with Crippen molar-refractivity contribution in [2.24, 2.45) is 0 Å². The Bertz CT molecular complexity index is 972. The van der Waals surface area contributed by atoms with Crippen LogP contribution in [0.1, 0.15) is 17.7 Å². The van der Waals surface area contributed by atoms with Gasteiger partial charge in [0.05, 0.1) is 7.11 Å². The molecule has 0 radical (unpaired) electrons.